The van der Waals surface area contributed by atoms with Crippen LogP contribution in [0.15, 0.2) is 268 Å². The highest BCUT2D eigenvalue weighted by Gasteiger charge is 2.18. The molecule has 0 fully saturated rings. The molecule has 4 nitrogen and oxygen atoms in total. The van der Waals surface area contributed by atoms with Crippen molar-refractivity contribution >= 4 is 65.4 Å². The van der Waals surface area contributed by atoms with E-state index in [-0.39, 0.29) is 0 Å². The third-order valence-electron chi connectivity index (χ3n) is 13.4. The molecule has 3 aromatic heterocycles. The van der Waals surface area contributed by atoms with Crippen LogP contribution in [0, 0.1) is 11.3 Å². The van der Waals surface area contributed by atoms with E-state index in [1.54, 1.807) is 6.08 Å². The van der Waals surface area contributed by atoms with Crippen molar-refractivity contribution in [2.24, 2.45) is 0 Å². The fourth-order valence-corrected chi connectivity index (χ4v) is 10.1. The number of rotatable bonds is 6. The summed E-state index contributed by atoms with van der Waals surface area (Å²) in [5.74, 6) is 0. The first kappa shape index (κ1) is 51.5. The first-order valence-electron chi connectivity index (χ1n) is 26.4. The van der Waals surface area contributed by atoms with E-state index in [1.165, 1.54) is 78.4 Å². The maximum atomic E-state index is 9.41. The molecule has 1 aliphatic rings. The van der Waals surface area contributed by atoms with Crippen molar-refractivity contribution in [1.82, 2.24) is 13.7 Å². The van der Waals surface area contributed by atoms with Crippen molar-refractivity contribution in [2.45, 2.75) is 47.5 Å². The normalized spacial score (nSPS) is 11.7. The SMILES string of the molecule is C/C=C\C=C/C.C1=CCCC=C1.C=CC.CC.N#Cc1ccc(-n2c3ccccc3c3cc(-c4cccc(-n5c6ccccc6c6cc(-c7ccc8c(c7)c7ccccc7n8-c7ccccc7)ccc65)c4)ccc32)cc1. The van der Waals surface area contributed by atoms with Crippen molar-refractivity contribution in [3.8, 4) is 45.4 Å². The van der Waals surface area contributed by atoms with Gasteiger partial charge in [-0.1, -0.05) is 172 Å². The van der Waals surface area contributed by atoms with E-state index in [0.29, 0.717) is 5.56 Å². The van der Waals surface area contributed by atoms with Crippen molar-refractivity contribution in [1.29, 1.82) is 5.26 Å². The summed E-state index contributed by atoms with van der Waals surface area (Å²) in [5.41, 5.74) is 15.7. The van der Waals surface area contributed by atoms with Gasteiger partial charge in [0.25, 0.3) is 0 Å². The van der Waals surface area contributed by atoms with Gasteiger partial charge in [0, 0.05) is 49.4 Å². The number of aromatic nitrogens is 3. The summed E-state index contributed by atoms with van der Waals surface area (Å²) in [4.78, 5) is 0. The van der Waals surface area contributed by atoms with Crippen LogP contribution in [0.25, 0.3) is 105 Å². The van der Waals surface area contributed by atoms with Crippen LogP contribution in [0.4, 0.5) is 0 Å². The van der Waals surface area contributed by atoms with E-state index >= 15 is 0 Å². The average Bonchev–Trinajstić information content (AvgIpc) is 4.19. The Hall–Kier alpha value is -9.43. The fourth-order valence-electron chi connectivity index (χ4n) is 10.1. The summed E-state index contributed by atoms with van der Waals surface area (Å²) in [6.07, 6.45) is 20.8. The van der Waals surface area contributed by atoms with Gasteiger partial charge in [-0.15, -0.1) is 6.58 Å². The molecule has 4 heteroatoms. The number of allylic oxidation sites excluding steroid dienone is 9. The van der Waals surface area contributed by atoms with E-state index in [4.69, 9.17) is 0 Å². The van der Waals surface area contributed by atoms with E-state index in [1.807, 2.05) is 83.2 Å². The van der Waals surface area contributed by atoms with Gasteiger partial charge in [-0.3, -0.25) is 0 Å². The molecule has 372 valence electrons. The molecule has 0 N–H and O–H groups in total. The standard InChI is InChI=1S/C55H34N4.C6H8.C6H10.C3H6.C2H6/c56-35-36-21-26-42(27-22-36)58-51-19-8-5-16-45(51)47-32-38(23-28-54(47)58)37-11-10-14-43(31-37)59-52-20-9-6-17-46(52)49-34-40(25-30-55(49)59)39-24-29-53-48(33-39)44-15-4-7-18-50(44)57(53)41-12-2-1-3-13-41;1-2-4-6-5-3-1;1-3-5-6-4-2;1-3-2;1-2/h1-34H;1-4H,5-6H2;3-6H,1-2H3;3H,1H2,2H3;1-2H3/b;;5-3-,6-4-;;. The zero-order valence-electron chi connectivity index (χ0n) is 44.2. The second-order valence-electron chi connectivity index (χ2n) is 18.2. The predicted octanol–water partition coefficient (Wildman–Crippen LogP) is 20.4. The van der Waals surface area contributed by atoms with Gasteiger partial charge in [-0.2, -0.15) is 5.26 Å². The van der Waals surface area contributed by atoms with Crippen LogP contribution in [0.2, 0.25) is 0 Å². The molecule has 12 aromatic rings. The monoisotopic (exact) mass is 985 g/mol. The number of benzene rings is 9. The Balaban J connectivity index is 0.000000363. The Bertz CT molecular complexity index is 4100. The number of para-hydroxylation sites is 4. The number of hydrogen-bond donors (Lipinski definition) is 0. The van der Waals surface area contributed by atoms with E-state index in [9.17, 15) is 5.26 Å². The van der Waals surface area contributed by atoms with Crippen LogP contribution in [-0.2, 0) is 0 Å². The summed E-state index contributed by atoms with van der Waals surface area (Å²) >= 11 is 0. The Labute approximate surface area is 448 Å². The van der Waals surface area contributed by atoms with Crippen LogP contribution >= 0.6 is 0 Å². The minimum Gasteiger partial charge on any atom is -0.309 e. The highest BCUT2D eigenvalue weighted by molar-refractivity contribution is 6.13. The summed E-state index contributed by atoms with van der Waals surface area (Å²) < 4.78 is 7.07. The highest BCUT2D eigenvalue weighted by atomic mass is 15.0. The second kappa shape index (κ2) is 24.5. The van der Waals surface area contributed by atoms with Crippen LogP contribution in [0.1, 0.15) is 53.0 Å². The van der Waals surface area contributed by atoms with Gasteiger partial charge in [0.05, 0.1) is 44.7 Å². The highest BCUT2D eigenvalue weighted by Crippen LogP contribution is 2.40. The summed E-state index contributed by atoms with van der Waals surface area (Å²) in [5, 5.41) is 16.8. The summed E-state index contributed by atoms with van der Waals surface area (Å²) in [6.45, 7) is 13.2. The number of hydrogen-bond acceptors (Lipinski definition) is 1. The molecule has 9 aromatic carbocycles. The Morgan fingerprint density at radius 1 is 0.382 bits per heavy atom. The third-order valence-corrected chi connectivity index (χ3v) is 13.4. The lowest BCUT2D eigenvalue weighted by Gasteiger charge is -2.12. The molecule has 0 aliphatic heterocycles. The first-order chi connectivity index (χ1) is 37.5. The zero-order valence-corrected chi connectivity index (χ0v) is 44.2. The molecule has 76 heavy (non-hydrogen) atoms. The largest absolute Gasteiger partial charge is 0.309 e. The van der Waals surface area contributed by atoms with Gasteiger partial charge < -0.3 is 13.7 Å². The molecule has 0 unspecified atom stereocenters. The van der Waals surface area contributed by atoms with Gasteiger partial charge >= 0.3 is 0 Å². The molecule has 1 aliphatic carbocycles. The Morgan fingerprint density at radius 3 is 1.13 bits per heavy atom. The number of fused-ring (bicyclic) bond motifs is 9. The topological polar surface area (TPSA) is 38.6 Å². The van der Waals surface area contributed by atoms with Gasteiger partial charge in [-0.05, 0) is 159 Å². The van der Waals surface area contributed by atoms with Crippen LogP contribution in [0.3, 0.4) is 0 Å². The zero-order chi connectivity index (χ0) is 52.8. The predicted molar refractivity (Wildman–Crippen MR) is 329 cm³/mol. The summed E-state index contributed by atoms with van der Waals surface area (Å²) in [6, 6.07) is 76.3. The van der Waals surface area contributed by atoms with Crippen LogP contribution in [-0.4, -0.2) is 13.7 Å². The fraction of sp³-hybridized carbons (Fsp3) is 0.0972. The smallest absolute Gasteiger partial charge is 0.0991 e. The lowest BCUT2D eigenvalue weighted by atomic mass is 10.0. The Kier molecular flexibility index (Phi) is 16.6. The minimum absolute atomic E-state index is 0.655. The number of nitrogens with zero attached hydrogens (tertiary/aromatic N) is 4. The lowest BCUT2D eigenvalue weighted by Crippen LogP contribution is -1.95. The molecule has 0 spiro atoms. The minimum atomic E-state index is 0.655. The van der Waals surface area contributed by atoms with Gasteiger partial charge in [0.2, 0.25) is 0 Å². The molecular formula is C72H64N4. The molecule has 3 heterocycles. The molecular weight excluding hydrogens is 921 g/mol. The first-order valence-corrected chi connectivity index (χ1v) is 26.4. The number of nitriles is 1. The van der Waals surface area contributed by atoms with Crippen LogP contribution < -0.4 is 0 Å². The van der Waals surface area contributed by atoms with Crippen molar-refractivity contribution < 1.29 is 0 Å². The maximum absolute atomic E-state index is 9.41. The van der Waals surface area contributed by atoms with Gasteiger partial charge in [-0.25, -0.2) is 0 Å². The van der Waals surface area contributed by atoms with Gasteiger partial charge in [0.1, 0.15) is 0 Å². The third kappa shape index (κ3) is 10.5. The molecule has 0 amide bonds. The van der Waals surface area contributed by atoms with Crippen molar-refractivity contribution in [3.63, 3.8) is 0 Å². The van der Waals surface area contributed by atoms with Gasteiger partial charge in [0.15, 0.2) is 0 Å². The maximum Gasteiger partial charge on any atom is 0.0991 e. The quantitative estimate of drug-likeness (QED) is 0.121. The molecule has 0 bridgehead atoms. The van der Waals surface area contributed by atoms with Crippen molar-refractivity contribution in [3.05, 3.63) is 273 Å². The van der Waals surface area contributed by atoms with E-state index < -0.39 is 0 Å². The molecule has 0 radical (unpaired) electrons. The molecule has 0 atom stereocenters. The molecule has 0 saturated heterocycles. The second-order valence-corrected chi connectivity index (χ2v) is 18.2. The van der Waals surface area contributed by atoms with Crippen LogP contribution in [0.5, 0.6) is 0 Å². The van der Waals surface area contributed by atoms with Crippen molar-refractivity contribution in [2.75, 3.05) is 0 Å². The van der Waals surface area contributed by atoms with E-state index in [0.717, 1.165) is 39.2 Å². The Morgan fingerprint density at radius 2 is 0.737 bits per heavy atom. The summed E-state index contributed by atoms with van der Waals surface area (Å²) in [7, 11) is 0. The molecule has 13 rings (SSSR count). The molecule has 0 saturated carbocycles. The van der Waals surface area contributed by atoms with E-state index in [2.05, 4.69) is 233 Å². The average molecular weight is 985 g/mol. The lowest BCUT2D eigenvalue weighted by molar-refractivity contribution is 1.04.